The summed E-state index contributed by atoms with van der Waals surface area (Å²) in [5.41, 5.74) is 7.78. The monoisotopic (exact) mass is 254 g/mol. The molecule has 0 aromatic heterocycles. The molecular weight excluding hydrogens is 236 g/mol. The van der Waals surface area contributed by atoms with Crippen molar-refractivity contribution >= 4 is 17.3 Å². The Labute approximate surface area is 107 Å². The fourth-order valence-electron chi connectivity index (χ4n) is 2.20. The molecule has 2 rings (SSSR count). The van der Waals surface area contributed by atoms with E-state index in [-0.39, 0.29) is 5.60 Å². The summed E-state index contributed by atoms with van der Waals surface area (Å²) >= 11 is 5.99. The number of morpholine rings is 1. The van der Waals surface area contributed by atoms with E-state index in [1.54, 1.807) is 0 Å². The third kappa shape index (κ3) is 3.35. The molecule has 1 aromatic rings. The number of hydrogen-bond acceptors (Lipinski definition) is 3. The minimum atomic E-state index is -0.0778. The van der Waals surface area contributed by atoms with Gasteiger partial charge in [0.25, 0.3) is 0 Å². The van der Waals surface area contributed by atoms with Crippen molar-refractivity contribution < 1.29 is 4.74 Å². The summed E-state index contributed by atoms with van der Waals surface area (Å²) in [6.07, 6.45) is 0. The summed E-state index contributed by atoms with van der Waals surface area (Å²) < 4.78 is 5.69. The number of nitrogens with two attached hydrogens (primary N) is 1. The minimum absolute atomic E-state index is 0.0778. The lowest BCUT2D eigenvalue weighted by Gasteiger charge is -2.38. The highest BCUT2D eigenvalue weighted by Gasteiger charge is 2.27. The van der Waals surface area contributed by atoms with E-state index in [1.807, 2.05) is 18.2 Å². The average Bonchev–Trinajstić information content (AvgIpc) is 2.22. The van der Waals surface area contributed by atoms with Crippen molar-refractivity contribution in [1.29, 1.82) is 0 Å². The van der Waals surface area contributed by atoms with Gasteiger partial charge in [0.2, 0.25) is 0 Å². The summed E-state index contributed by atoms with van der Waals surface area (Å²) in [4.78, 5) is 2.35. The molecule has 0 aliphatic carbocycles. The molecule has 0 radical (unpaired) electrons. The molecule has 4 heteroatoms. The highest BCUT2D eigenvalue weighted by molar-refractivity contribution is 6.30. The first kappa shape index (κ1) is 12.7. The number of anilines is 1. The van der Waals surface area contributed by atoms with Crippen LogP contribution in [0, 0.1) is 0 Å². The smallest absolute Gasteiger partial charge is 0.0753 e. The number of nitrogen functional groups attached to an aromatic ring is 1. The molecule has 1 aliphatic rings. The van der Waals surface area contributed by atoms with E-state index in [0.29, 0.717) is 0 Å². The topological polar surface area (TPSA) is 38.5 Å². The number of ether oxygens (including phenoxy) is 1. The van der Waals surface area contributed by atoms with E-state index in [2.05, 4.69) is 18.7 Å². The molecule has 0 atom stereocenters. The molecular formula is C13H19ClN2O. The van der Waals surface area contributed by atoms with Crippen LogP contribution in [0.15, 0.2) is 18.2 Å². The Kier molecular flexibility index (Phi) is 3.61. The van der Waals surface area contributed by atoms with Gasteiger partial charge in [-0.25, -0.2) is 0 Å². The second-order valence-corrected chi connectivity index (χ2v) is 5.60. The van der Waals surface area contributed by atoms with Gasteiger partial charge in [-0.15, -0.1) is 0 Å². The predicted molar refractivity (Wildman–Crippen MR) is 71.2 cm³/mol. The molecule has 0 amide bonds. The second kappa shape index (κ2) is 4.84. The van der Waals surface area contributed by atoms with Gasteiger partial charge in [-0.2, -0.15) is 0 Å². The third-order valence-corrected chi connectivity index (χ3v) is 3.24. The first-order chi connectivity index (χ1) is 7.96. The zero-order valence-corrected chi connectivity index (χ0v) is 11.1. The second-order valence-electron chi connectivity index (χ2n) is 5.16. The zero-order chi connectivity index (χ0) is 12.5. The minimum Gasteiger partial charge on any atom is -0.398 e. The van der Waals surface area contributed by atoms with Crippen molar-refractivity contribution in [3.8, 4) is 0 Å². The molecule has 1 aromatic carbocycles. The molecule has 0 spiro atoms. The molecule has 0 bridgehead atoms. The Balaban J connectivity index is 2.07. The standard InChI is InChI=1S/C13H19ClN2O/c1-13(2)9-16(5-6-17-13)8-10-7-11(14)3-4-12(10)15/h3-4,7H,5-6,8-9,15H2,1-2H3. The van der Waals surface area contributed by atoms with Gasteiger partial charge in [-0.1, -0.05) is 11.6 Å². The van der Waals surface area contributed by atoms with E-state index in [1.165, 1.54) is 0 Å². The highest BCUT2D eigenvalue weighted by atomic mass is 35.5. The lowest BCUT2D eigenvalue weighted by molar-refractivity contribution is -0.0882. The Morgan fingerprint density at radius 2 is 2.24 bits per heavy atom. The maximum Gasteiger partial charge on any atom is 0.0753 e. The number of nitrogens with zero attached hydrogens (tertiary/aromatic N) is 1. The van der Waals surface area contributed by atoms with Crippen LogP contribution < -0.4 is 5.73 Å². The van der Waals surface area contributed by atoms with Gasteiger partial charge in [0, 0.05) is 30.3 Å². The molecule has 0 unspecified atom stereocenters. The molecule has 0 saturated carbocycles. The number of hydrogen-bond donors (Lipinski definition) is 1. The van der Waals surface area contributed by atoms with Crippen molar-refractivity contribution in [1.82, 2.24) is 4.90 Å². The molecule has 94 valence electrons. The van der Waals surface area contributed by atoms with E-state index >= 15 is 0 Å². The largest absolute Gasteiger partial charge is 0.398 e. The Morgan fingerprint density at radius 3 is 2.94 bits per heavy atom. The molecule has 1 aliphatic heterocycles. The maximum atomic E-state index is 5.99. The van der Waals surface area contributed by atoms with Crippen LogP contribution in [0.1, 0.15) is 19.4 Å². The van der Waals surface area contributed by atoms with Gasteiger partial charge in [-0.05, 0) is 37.6 Å². The third-order valence-electron chi connectivity index (χ3n) is 3.00. The van der Waals surface area contributed by atoms with Crippen LogP contribution in [0.4, 0.5) is 5.69 Å². The highest BCUT2D eigenvalue weighted by Crippen LogP contribution is 2.23. The van der Waals surface area contributed by atoms with Crippen molar-refractivity contribution in [2.24, 2.45) is 0 Å². The Hall–Kier alpha value is -0.770. The summed E-state index contributed by atoms with van der Waals surface area (Å²) in [5.74, 6) is 0. The van der Waals surface area contributed by atoms with Gasteiger partial charge >= 0.3 is 0 Å². The van der Waals surface area contributed by atoms with Gasteiger partial charge < -0.3 is 10.5 Å². The quantitative estimate of drug-likeness (QED) is 0.825. The van der Waals surface area contributed by atoms with Crippen LogP contribution in [0.3, 0.4) is 0 Å². The zero-order valence-electron chi connectivity index (χ0n) is 10.4. The van der Waals surface area contributed by atoms with Crippen LogP contribution in [-0.2, 0) is 11.3 Å². The first-order valence-electron chi connectivity index (χ1n) is 5.86. The SMILES string of the molecule is CC1(C)CN(Cc2cc(Cl)ccc2N)CCO1. The molecule has 1 saturated heterocycles. The fraction of sp³-hybridized carbons (Fsp3) is 0.538. The first-order valence-corrected chi connectivity index (χ1v) is 6.24. The predicted octanol–water partition coefficient (Wildman–Crippen LogP) is 2.53. The Morgan fingerprint density at radius 1 is 1.47 bits per heavy atom. The molecule has 1 heterocycles. The Bertz CT molecular complexity index is 406. The number of benzene rings is 1. The number of rotatable bonds is 2. The van der Waals surface area contributed by atoms with Crippen molar-refractivity contribution in [2.75, 3.05) is 25.4 Å². The van der Waals surface area contributed by atoms with Crippen molar-refractivity contribution in [2.45, 2.75) is 26.0 Å². The van der Waals surface area contributed by atoms with Gasteiger partial charge in [0.05, 0.1) is 12.2 Å². The van der Waals surface area contributed by atoms with Gasteiger partial charge in [0.1, 0.15) is 0 Å². The van der Waals surface area contributed by atoms with Crippen LogP contribution in [0.2, 0.25) is 5.02 Å². The van der Waals surface area contributed by atoms with Gasteiger partial charge in [0.15, 0.2) is 0 Å². The lowest BCUT2D eigenvalue weighted by Crippen LogP contribution is -2.47. The lowest BCUT2D eigenvalue weighted by atomic mass is 10.1. The average molecular weight is 255 g/mol. The normalized spacial score (nSPS) is 20.4. The van der Waals surface area contributed by atoms with Crippen LogP contribution >= 0.6 is 11.6 Å². The molecule has 2 N–H and O–H groups in total. The van der Waals surface area contributed by atoms with E-state index < -0.39 is 0 Å². The van der Waals surface area contributed by atoms with E-state index in [0.717, 1.165) is 42.5 Å². The summed E-state index contributed by atoms with van der Waals surface area (Å²) in [5, 5.41) is 0.738. The van der Waals surface area contributed by atoms with E-state index in [9.17, 15) is 0 Å². The summed E-state index contributed by atoms with van der Waals surface area (Å²) in [6, 6.07) is 5.63. The maximum absolute atomic E-state index is 5.99. The summed E-state index contributed by atoms with van der Waals surface area (Å²) in [6.45, 7) is 7.68. The summed E-state index contributed by atoms with van der Waals surface area (Å²) in [7, 11) is 0. The van der Waals surface area contributed by atoms with Crippen LogP contribution in [0.5, 0.6) is 0 Å². The van der Waals surface area contributed by atoms with Crippen molar-refractivity contribution in [3.63, 3.8) is 0 Å². The van der Waals surface area contributed by atoms with E-state index in [4.69, 9.17) is 22.1 Å². The van der Waals surface area contributed by atoms with Crippen LogP contribution in [-0.4, -0.2) is 30.2 Å². The van der Waals surface area contributed by atoms with Gasteiger partial charge in [-0.3, -0.25) is 4.90 Å². The van der Waals surface area contributed by atoms with Crippen LogP contribution in [0.25, 0.3) is 0 Å². The number of halogens is 1. The molecule has 1 fully saturated rings. The fourth-order valence-corrected chi connectivity index (χ4v) is 2.40. The van der Waals surface area contributed by atoms with Crippen molar-refractivity contribution in [3.05, 3.63) is 28.8 Å². The molecule has 17 heavy (non-hydrogen) atoms. The molecule has 3 nitrogen and oxygen atoms in total.